The third-order valence-electron chi connectivity index (χ3n) is 2.84. The van der Waals surface area contributed by atoms with Crippen LogP contribution >= 0.6 is 0 Å². The van der Waals surface area contributed by atoms with Gasteiger partial charge >= 0.3 is 0 Å². The van der Waals surface area contributed by atoms with Crippen molar-refractivity contribution in [3.8, 4) is 11.8 Å². The first-order valence-electron chi connectivity index (χ1n) is 6.68. The summed E-state index contributed by atoms with van der Waals surface area (Å²) < 4.78 is 0. The zero-order chi connectivity index (χ0) is 13.2. The summed E-state index contributed by atoms with van der Waals surface area (Å²) in [5, 5.41) is 0. The molecule has 2 aromatic carbocycles. The molecular weight excluding hydrogens is 228 g/mol. The molecule has 19 heavy (non-hydrogen) atoms. The fraction of sp³-hybridized carbons (Fsp3) is 0.158. The Morgan fingerprint density at radius 1 is 0.789 bits per heavy atom. The summed E-state index contributed by atoms with van der Waals surface area (Å²) >= 11 is 0. The van der Waals surface area contributed by atoms with Gasteiger partial charge in [-0.1, -0.05) is 72.5 Å². The van der Waals surface area contributed by atoms with E-state index in [1.807, 2.05) is 30.3 Å². The molecule has 0 heterocycles. The smallest absolute Gasteiger partial charge is 0.0273 e. The molecule has 0 amide bonds. The molecule has 0 nitrogen and oxygen atoms in total. The van der Waals surface area contributed by atoms with Crippen LogP contribution in [0.2, 0.25) is 0 Å². The first-order chi connectivity index (χ1) is 9.45. The molecule has 0 unspecified atom stereocenters. The van der Waals surface area contributed by atoms with Crippen molar-refractivity contribution in [2.75, 3.05) is 0 Å². The average molecular weight is 246 g/mol. The number of rotatable bonds is 4. The maximum atomic E-state index is 3.16. The van der Waals surface area contributed by atoms with Crippen molar-refractivity contribution in [2.24, 2.45) is 0 Å². The number of hydrogen-bond acceptors (Lipinski definition) is 0. The van der Waals surface area contributed by atoms with Crippen LogP contribution in [0, 0.1) is 11.8 Å². The lowest BCUT2D eigenvalue weighted by Crippen LogP contribution is -1.80. The molecule has 0 aliphatic carbocycles. The molecular formula is C19H18. The molecule has 2 aromatic rings. The third kappa shape index (κ3) is 5.27. The Hall–Kier alpha value is -2.26. The van der Waals surface area contributed by atoms with Crippen molar-refractivity contribution in [1.82, 2.24) is 0 Å². The lowest BCUT2D eigenvalue weighted by atomic mass is 10.1. The molecule has 0 radical (unpaired) electrons. The third-order valence-corrected chi connectivity index (χ3v) is 2.84. The highest BCUT2D eigenvalue weighted by Gasteiger charge is 1.87. The van der Waals surface area contributed by atoms with Crippen LogP contribution in [-0.4, -0.2) is 0 Å². The number of hydrogen-bond donors (Lipinski definition) is 0. The Morgan fingerprint density at radius 2 is 1.47 bits per heavy atom. The minimum atomic E-state index is 0.823. The highest BCUT2D eigenvalue weighted by Crippen LogP contribution is 2.03. The molecule has 0 fully saturated rings. The van der Waals surface area contributed by atoms with Crippen LogP contribution in [0.25, 0.3) is 0 Å². The molecule has 0 bridgehead atoms. The van der Waals surface area contributed by atoms with Crippen LogP contribution in [0.3, 0.4) is 0 Å². The van der Waals surface area contributed by atoms with E-state index in [2.05, 4.69) is 54.3 Å². The second-order valence-corrected chi connectivity index (χ2v) is 4.37. The predicted molar refractivity (Wildman–Crippen MR) is 81.8 cm³/mol. The highest BCUT2D eigenvalue weighted by atomic mass is 13.9. The van der Waals surface area contributed by atoms with Gasteiger partial charge < -0.3 is 0 Å². The maximum absolute atomic E-state index is 3.16. The van der Waals surface area contributed by atoms with Gasteiger partial charge in [0.1, 0.15) is 0 Å². The van der Waals surface area contributed by atoms with E-state index in [-0.39, 0.29) is 0 Å². The SMILES string of the molecule is C(#Cc1ccccc1)C/C=C/CCc1ccccc1. The summed E-state index contributed by atoms with van der Waals surface area (Å²) in [6.07, 6.45) is 7.37. The van der Waals surface area contributed by atoms with Crippen molar-refractivity contribution in [3.05, 3.63) is 83.9 Å². The van der Waals surface area contributed by atoms with Gasteiger partial charge in [-0.15, -0.1) is 0 Å². The van der Waals surface area contributed by atoms with Crippen LogP contribution in [-0.2, 0) is 6.42 Å². The second-order valence-electron chi connectivity index (χ2n) is 4.37. The van der Waals surface area contributed by atoms with E-state index in [0.29, 0.717) is 0 Å². The Labute approximate surface area is 115 Å². The van der Waals surface area contributed by atoms with Crippen LogP contribution in [0.5, 0.6) is 0 Å². The molecule has 0 heteroatoms. The molecule has 0 aromatic heterocycles. The van der Waals surface area contributed by atoms with E-state index < -0.39 is 0 Å². The Kier molecular flexibility index (Phi) is 5.51. The first-order valence-corrected chi connectivity index (χ1v) is 6.68. The summed E-state index contributed by atoms with van der Waals surface area (Å²) in [6.45, 7) is 0. The second kappa shape index (κ2) is 7.95. The van der Waals surface area contributed by atoms with E-state index in [1.165, 1.54) is 5.56 Å². The van der Waals surface area contributed by atoms with Crippen molar-refractivity contribution >= 4 is 0 Å². The molecule has 0 aliphatic rings. The Morgan fingerprint density at radius 3 is 2.21 bits per heavy atom. The zero-order valence-corrected chi connectivity index (χ0v) is 11.0. The van der Waals surface area contributed by atoms with Gasteiger partial charge in [0.25, 0.3) is 0 Å². The summed E-state index contributed by atoms with van der Waals surface area (Å²) in [6, 6.07) is 20.7. The van der Waals surface area contributed by atoms with Gasteiger partial charge in [0.15, 0.2) is 0 Å². The summed E-state index contributed by atoms with van der Waals surface area (Å²) in [4.78, 5) is 0. The van der Waals surface area contributed by atoms with E-state index in [0.717, 1.165) is 24.8 Å². The number of allylic oxidation sites excluding steroid dienone is 2. The minimum Gasteiger partial charge on any atom is -0.0937 e. The number of aryl methyl sites for hydroxylation is 1. The van der Waals surface area contributed by atoms with Crippen molar-refractivity contribution in [1.29, 1.82) is 0 Å². The molecule has 0 spiro atoms. The van der Waals surface area contributed by atoms with Gasteiger partial charge in [-0.2, -0.15) is 0 Å². The van der Waals surface area contributed by atoms with Crippen LogP contribution < -0.4 is 0 Å². The molecule has 0 saturated heterocycles. The van der Waals surface area contributed by atoms with Gasteiger partial charge in [-0.05, 0) is 30.5 Å². The summed E-state index contributed by atoms with van der Waals surface area (Å²) in [7, 11) is 0. The lowest BCUT2D eigenvalue weighted by Gasteiger charge is -1.95. The molecule has 0 N–H and O–H groups in total. The standard InChI is InChI=1S/C19H18/c1(2-6-12-18-14-8-4-9-15-18)3-7-13-19-16-10-5-11-17-19/h1-2,4-5,8-11,14-17H,3,6,12H2/b2-1+. The molecule has 94 valence electrons. The van der Waals surface area contributed by atoms with E-state index in [9.17, 15) is 0 Å². The Bertz CT molecular complexity index is 553. The largest absolute Gasteiger partial charge is 0.0937 e. The average Bonchev–Trinajstić information content (AvgIpc) is 2.48. The Balaban J connectivity index is 1.69. The molecule has 2 rings (SSSR count). The van der Waals surface area contributed by atoms with Crippen molar-refractivity contribution in [2.45, 2.75) is 19.3 Å². The first kappa shape index (κ1) is 13.2. The number of benzene rings is 2. The minimum absolute atomic E-state index is 0.823. The fourth-order valence-electron chi connectivity index (χ4n) is 1.83. The van der Waals surface area contributed by atoms with Gasteiger partial charge in [0.2, 0.25) is 0 Å². The quantitative estimate of drug-likeness (QED) is 0.545. The van der Waals surface area contributed by atoms with Crippen LogP contribution in [0.4, 0.5) is 0 Å². The van der Waals surface area contributed by atoms with E-state index >= 15 is 0 Å². The fourth-order valence-corrected chi connectivity index (χ4v) is 1.83. The van der Waals surface area contributed by atoms with Crippen molar-refractivity contribution < 1.29 is 0 Å². The van der Waals surface area contributed by atoms with Gasteiger partial charge in [0, 0.05) is 12.0 Å². The molecule has 0 atom stereocenters. The van der Waals surface area contributed by atoms with Crippen LogP contribution in [0.15, 0.2) is 72.8 Å². The summed E-state index contributed by atoms with van der Waals surface area (Å²) in [5.74, 6) is 6.32. The maximum Gasteiger partial charge on any atom is 0.0273 e. The lowest BCUT2D eigenvalue weighted by molar-refractivity contribution is 0.997. The molecule has 0 saturated carbocycles. The van der Waals surface area contributed by atoms with E-state index in [1.54, 1.807) is 0 Å². The summed E-state index contributed by atoms with van der Waals surface area (Å²) in [5.41, 5.74) is 2.47. The highest BCUT2D eigenvalue weighted by molar-refractivity contribution is 5.33. The predicted octanol–water partition coefficient (Wildman–Crippen LogP) is 4.62. The topological polar surface area (TPSA) is 0 Å². The van der Waals surface area contributed by atoms with Crippen LogP contribution in [0.1, 0.15) is 24.0 Å². The van der Waals surface area contributed by atoms with Gasteiger partial charge in [0.05, 0.1) is 0 Å². The zero-order valence-electron chi connectivity index (χ0n) is 11.0. The van der Waals surface area contributed by atoms with Crippen molar-refractivity contribution in [3.63, 3.8) is 0 Å². The van der Waals surface area contributed by atoms with Gasteiger partial charge in [-0.25, -0.2) is 0 Å². The molecule has 0 aliphatic heterocycles. The van der Waals surface area contributed by atoms with Gasteiger partial charge in [-0.3, -0.25) is 0 Å². The monoisotopic (exact) mass is 246 g/mol. The normalized spacial score (nSPS) is 10.1. The van der Waals surface area contributed by atoms with E-state index in [4.69, 9.17) is 0 Å².